The molecule has 2 aliphatic heterocycles. The summed E-state index contributed by atoms with van der Waals surface area (Å²) in [5, 5.41) is 0. The van der Waals surface area contributed by atoms with Crippen molar-refractivity contribution in [3.63, 3.8) is 0 Å². The minimum atomic E-state index is 0.0921. The van der Waals surface area contributed by atoms with E-state index >= 15 is 0 Å². The van der Waals surface area contributed by atoms with Gasteiger partial charge in [0.05, 0.1) is 0 Å². The molecule has 2 amide bonds. The number of piperidine rings is 1. The quantitative estimate of drug-likeness (QED) is 0.846. The third-order valence-corrected chi connectivity index (χ3v) is 5.34. The van der Waals surface area contributed by atoms with E-state index in [9.17, 15) is 9.59 Å². The van der Waals surface area contributed by atoms with E-state index in [1.807, 2.05) is 65.3 Å². The van der Waals surface area contributed by atoms with Crippen molar-refractivity contribution in [2.45, 2.75) is 32.4 Å². The zero-order valence-electron chi connectivity index (χ0n) is 14.4. The minimum absolute atomic E-state index is 0.0921. The largest absolute Gasteiger partial charge is 0.338 e. The van der Waals surface area contributed by atoms with Crippen molar-refractivity contribution in [1.82, 2.24) is 9.80 Å². The van der Waals surface area contributed by atoms with Gasteiger partial charge in [0, 0.05) is 36.8 Å². The third kappa shape index (κ3) is 2.93. The van der Waals surface area contributed by atoms with Crippen molar-refractivity contribution in [3.05, 3.63) is 70.8 Å². The van der Waals surface area contributed by atoms with Gasteiger partial charge in [0.25, 0.3) is 11.8 Å². The van der Waals surface area contributed by atoms with E-state index in [0.29, 0.717) is 19.6 Å². The molecule has 0 N–H and O–H groups in total. The highest BCUT2D eigenvalue weighted by molar-refractivity contribution is 5.98. The molecule has 2 aromatic carbocycles. The van der Waals surface area contributed by atoms with E-state index in [1.54, 1.807) is 0 Å². The molecule has 0 bridgehead atoms. The van der Waals surface area contributed by atoms with Crippen molar-refractivity contribution >= 4 is 11.8 Å². The van der Waals surface area contributed by atoms with Crippen LogP contribution in [0.15, 0.2) is 48.5 Å². The van der Waals surface area contributed by atoms with Crippen molar-refractivity contribution in [1.29, 1.82) is 0 Å². The fourth-order valence-electron chi connectivity index (χ4n) is 3.83. The van der Waals surface area contributed by atoms with Crippen molar-refractivity contribution < 1.29 is 9.59 Å². The summed E-state index contributed by atoms with van der Waals surface area (Å²) in [5.41, 5.74) is 3.85. The lowest BCUT2D eigenvalue weighted by atomic mass is 10.0. The van der Waals surface area contributed by atoms with Crippen LogP contribution < -0.4 is 0 Å². The fraction of sp³-hybridized carbons (Fsp3) is 0.333. The van der Waals surface area contributed by atoms with Crippen LogP contribution in [0.3, 0.4) is 0 Å². The van der Waals surface area contributed by atoms with Gasteiger partial charge in [0.1, 0.15) is 0 Å². The number of likely N-dealkylation sites (tertiary alicyclic amines) is 1. The van der Waals surface area contributed by atoms with E-state index in [1.165, 1.54) is 0 Å². The molecule has 0 aromatic heterocycles. The van der Waals surface area contributed by atoms with Crippen molar-refractivity contribution in [2.24, 2.45) is 0 Å². The number of benzene rings is 2. The second kappa shape index (κ2) is 6.36. The summed E-state index contributed by atoms with van der Waals surface area (Å²) in [6.45, 7) is 4.13. The Morgan fingerprint density at radius 1 is 1.00 bits per heavy atom. The first-order valence-electron chi connectivity index (χ1n) is 8.88. The molecule has 2 aliphatic rings. The summed E-state index contributed by atoms with van der Waals surface area (Å²) >= 11 is 0. The highest BCUT2D eigenvalue weighted by Gasteiger charge is 2.35. The number of hydrogen-bond donors (Lipinski definition) is 0. The van der Waals surface area contributed by atoms with Gasteiger partial charge in [-0.15, -0.1) is 0 Å². The molecule has 0 spiro atoms. The molecule has 0 unspecified atom stereocenters. The summed E-state index contributed by atoms with van der Waals surface area (Å²) < 4.78 is 0. The fourth-order valence-corrected chi connectivity index (χ4v) is 3.83. The Bertz CT molecular complexity index is 805. The van der Waals surface area contributed by atoms with Gasteiger partial charge in [-0.3, -0.25) is 9.59 Å². The van der Waals surface area contributed by atoms with E-state index in [4.69, 9.17) is 0 Å². The lowest BCUT2D eigenvalue weighted by molar-refractivity contribution is 0.0535. The average molecular weight is 334 g/mol. The first kappa shape index (κ1) is 15.9. The number of fused-ring (bicyclic) bond motifs is 1. The van der Waals surface area contributed by atoms with Crippen LogP contribution in [-0.2, 0) is 6.54 Å². The molecule has 1 fully saturated rings. The van der Waals surface area contributed by atoms with Gasteiger partial charge in [0.15, 0.2) is 0 Å². The highest BCUT2D eigenvalue weighted by Crippen LogP contribution is 2.28. The smallest absolute Gasteiger partial charge is 0.254 e. The molecule has 0 atom stereocenters. The first-order chi connectivity index (χ1) is 12.1. The molecule has 128 valence electrons. The minimum Gasteiger partial charge on any atom is -0.338 e. The molecular weight excluding hydrogens is 312 g/mol. The normalized spacial score (nSPS) is 17.7. The molecule has 0 radical (unpaired) electrons. The highest BCUT2D eigenvalue weighted by atomic mass is 16.2. The predicted octanol–water partition coefficient (Wildman–Crippen LogP) is 3.26. The monoisotopic (exact) mass is 334 g/mol. The van der Waals surface area contributed by atoms with Crippen molar-refractivity contribution in [2.75, 3.05) is 13.1 Å². The summed E-state index contributed by atoms with van der Waals surface area (Å²) in [6.07, 6.45) is 1.69. The van der Waals surface area contributed by atoms with Crippen LogP contribution in [0.4, 0.5) is 0 Å². The second-order valence-electron chi connectivity index (χ2n) is 6.98. The standard InChI is InChI=1S/C21H22N2O2/c1-15-6-8-16(9-7-15)20(24)22-12-10-18(11-13-22)23-14-17-4-2-3-5-19(17)21(23)25/h2-9,18H,10-14H2,1H3. The third-order valence-electron chi connectivity index (χ3n) is 5.34. The molecule has 0 aliphatic carbocycles. The molecule has 2 aromatic rings. The van der Waals surface area contributed by atoms with Crippen LogP contribution in [0.1, 0.15) is 44.7 Å². The molecule has 2 heterocycles. The molecule has 1 saturated heterocycles. The van der Waals surface area contributed by atoms with Crippen LogP contribution in [0.2, 0.25) is 0 Å². The Morgan fingerprint density at radius 3 is 2.36 bits per heavy atom. The van der Waals surface area contributed by atoms with Crippen LogP contribution >= 0.6 is 0 Å². The maximum absolute atomic E-state index is 12.6. The number of aryl methyl sites for hydroxylation is 1. The SMILES string of the molecule is Cc1ccc(C(=O)N2CCC(N3Cc4ccccc4C3=O)CC2)cc1. The van der Waals surface area contributed by atoms with Gasteiger partial charge >= 0.3 is 0 Å². The maximum Gasteiger partial charge on any atom is 0.254 e. The summed E-state index contributed by atoms with van der Waals surface area (Å²) in [5.74, 6) is 0.230. The Hall–Kier alpha value is -2.62. The summed E-state index contributed by atoms with van der Waals surface area (Å²) in [7, 11) is 0. The van der Waals surface area contributed by atoms with Gasteiger partial charge in [-0.2, -0.15) is 0 Å². The van der Waals surface area contributed by atoms with Gasteiger partial charge < -0.3 is 9.80 Å². The topological polar surface area (TPSA) is 40.6 Å². The van der Waals surface area contributed by atoms with Crippen molar-refractivity contribution in [3.8, 4) is 0 Å². The first-order valence-corrected chi connectivity index (χ1v) is 8.88. The van der Waals surface area contributed by atoms with E-state index in [-0.39, 0.29) is 17.9 Å². The molecule has 25 heavy (non-hydrogen) atoms. The number of hydrogen-bond acceptors (Lipinski definition) is 2. The van der Waals surface area contributed by atoms with E-state index in [0.717, 1.165) is 35.1 Å². The van der Waals surface area contributed by atoms with E-state index in [2.05, 4.69) is 0 Å². The number of amides is 2. The maximum atomic E-state index is 12.6. The Morgan fingerprint density at radius 2 is 1.68 bits per heavy atom. The number of carbonyl (C=O) groups is 2. The number of nitrogens with zero attached hydrogens (tertiary/aromatic N) is 2. The molecule has 4 nitrogen and oxygen atoms in total. The second-order valence-corrected chi connectivity index (χ2v) is 6.98. The molecule has 4 rings (SSSR count). The number of rotatable bonds is 2. The Labute approximate surface area is 148 Å². The van der Waals surface area contributed by atoms with Gasteiger partial charge in [0.2, 0.25) is 0 Å². The molecule has 4 heteroatoms. The summed E-state index contributed by atoms with van der Waals surface area (Å²) in [6, 6.07) is 15.8. The molecular formula is C21H22N2O2. The molecule has 0 saturated carbocycles. The van der Waals surface area contributed by atoms with Gasteiger partial charge in [-0.25, -0.2) is 0 Å². The van der Waals surface area contributed by atoms with Crippen LogP contribution in [0.5, 0.6) is 0 Å². The predicted molar refractivity (Wildman–Crippen MR) is 96.4 cm³/mol. The lowest BCUT2D eigenvalue weighted by Gasteiger charge is -2.36. The Balaban J connectivity index is 1.40. The lowest BCUT2D eigenvalue weighted by Crippen LogP contribution is -2.46. The number of carbonyl (C=O) groups excluding carboxylic acids is 2. The zero-order chi connectivity index (χ0) is 17.4. The Kier molecular flexibility index (Phi) is 4.04. The van der Waals surface area contributed by atoms with Crippen LogP contribution in [-0.4, -0.2) is 40.7 Å². The average Bonchev–Trinajstić information content (AvgIpc) is 2.99. The summed E-state index contributed by atoms with van der Waals surface area (Å²) in [4.78, 5) is 29.1. The van der Waals surface area contributed by atoms with Crippen LogP contribution in [0.25, 0.3) is 0 Å². The van der Waals surface area contributed by atoms with Gasteiger partial charge in [-0.1, -0.05) is 35.9 Å². The zero-order valence-corrected chi connectivity index (χ0v) is 14.4. The van der Waals surface area contributed by atoms with Gasteiger partial charge in [-0.05, 0) is 43.5 Å². The van der Waals surface area contributed by atoms with Crippen LogP contribution in [0, 0.1) is 6.92 Å². The van der Waals surface area contributed by atoms with E-state index < -0.39 is 0 Å².